The molecule has 0 aliphatic carbocycles. The molecule has 2 aromatic rings. The summed E-state index contributed by atoms with van der Waals surface area (Å²) in [6.45, 7) is 6.22. The molecular formula is C25H30ClF2N5O4. The molecule has 1 aromatic carbocycles. The zero-order valence-electron chi connectivity index (χ0n) is 21.2. The molecule has 9 nitrogen and oxygen atoms in total. The molecule has 3 unspecified atom stereocenters. The van der Waals surface area contributed by atoms with E-state index in [2.05, 4.69) is 20.9 Å². The number of nitrogens with one attached hydrogen (secondary N) is 4. The number of hydrogen-bond acceptors (Lipinski definition) is 5. The van der Waals surface area contributed by atoms with E-state index in [0.717, 1.165) is 6.07 Å². The van der Waals surface area contributed by atoms with Crippen LogP contribution in [0.3, 0.4) is 0 Å². The summed E-state index contributed by atoms with van der Waals surface area (Å²) < 4.78 is 34.2. The fourth-order valence-corrected chi connectivity index (χ4v) is 4.82. The number of benzene rings is 1. The van der Waals surface area contributed by atoms with Crippen LogP contribution in [0.25, 0.3) is 10.9 Å². The number of carbonyl (C=O) groups excluding carboxylic acids is 3. The molecule has 12 heteroatoms. The number of carbonyl (C=O) groups is 3. The number of ether oxygens (including phenoxy) is 1. The molecule has 3 amide bonds. The van der Waals surface area contributed by atoms with Crippen LogP contribution in [0.15, 0.2) is 12.1 Å². The minimum Gasteiger partial charge on any atom is -0.494 e. The summed E-state index contributed by atoms with van der Waals surface area (Å²) in [5, 5.41) is 17.6. The Bertz CT molecular complexity index is 1260. The summed E-state index contributed by atoms with van der Waals surface area (Å²) in [6.07, 6.45) is 0.157. The first-order valence-electron chi connectivity index (χ1n) is 11.7. The standard InChI is InChI=1S/C25H30ClF2N5O4/c1-24(2,28)10-18(23(36)30-13(11-29)6-12-9-25(3,4)33-21(12)34)32-22(35)17-7-14-19(31-17)16(27)8-15(26)20(14)37-5/h7-8,12-13,18,31H,6,9-10H2,1-5H3,(H,30,36)(H,32,35)(H,33,34). The predicted octanol–water partition coefficient (Wildman–Crippen LogP) is 3.52. The fourth-order valence-electron chi connectivity index (χ4n) is 4.55. The zero-order chi connectivity index (χ0) is 27.7. The minimum absolute atomic E-state index is 0.0109. The quantitative estimate of drug-likeness (QED) is 0.388. The van der Waals surface area contributed by atoms with E-state index < -0.39 is 53.3 Å². The lowest BCUT2D eigenvalue weighted by Crippen LogP contribution is -2.51. The van der Waals surface area contributed by atoms with Crippen molar-refractivity contribution < 1.29 is 27.9 Å². The van der Waals surface area contributed by atoms with Gasteiger partial charge in [-0.3, -0.25) is 14.4 Å². The van der Waals surface area contributed by atoms with Gasteiger partial charge in [0.25, 0.3) is 5.91 Å². The first-order valence-corrected chi connectivity index (χ1v) is 12.1. The summed E-state index contributed by atoms with van der Waals surface area (Å²) in [6, 6.07) is 1.91. The highest BCUT2D eigenvalue weighted by molar-refractivity contribution is 6.33. The molecule has 1 aliphatic heterocycles. The van der Waals surface area contributed by atoms with E-state index in [1.54, 1.807) is 0 Å². The monoisotopic (exact) mass is 537 g/mol. The number of H-pyrrole nitrogens is 1. The predicted molar refractivity (Wildman–Crippen MR) is 133 cm³/mol. The van der Waals surface area contributed by atoms with Gasteiger partial charge in [0.05, 0.1) is 23.7 Å². The summed E-state index contributed by atoms with van der Waals surface area (Å²) >= 11 is 6.02. The zero-order valence-corrected chi connectivity index (χ0v) is 22.0. The number of rotatable bonds is 9. The average Bonchev–Trinajstić information content (AvgIpc) is 3.32. The van der Waals surface area contributed by atoms with E-state index in [9.17, 15) is 28.4 Å². The Hall–Kier alpha value is -3.39. The third-order valence-electron chi connectivity index (χ3n) is 6.11. The number of fused-ring (bicyclic) bond motifs is 1. The second-order valence-electron chi connectivity index (χ2n) is 10.5. The number of alkyl halides is 1. The number of aromatic nitrogens is 1. The van der Waals surface area contributed by atoms with Gasteiger partial charge in [-0.1, -0.05) is 11.6 Å². The summed E-state index contributed by atoms with van der Waals surface area (Å²) in [7, 11) is 1.34. The highest BCUT2D eigenvalue weighted by atomic mass is 35.5. The lowest BCUT2D eigenvalue weighted by atomic mass is 9.91. The van der Waals surface area contributed by atoms with Crippen molar-refractivity contribution in [3.05, 3.63) is 28.7 Å². The molecule has 1 saturated heterocycles. The van der Waals surface area contributed by atoms with E-state index in [1.165, 1.54) is 27.0 Å². The normalized spacial score (nSPS) is 18.6. The maximum atomic E-state index is 14.6. The van der Waals surface area contributed by atoms with Crippen LogP contribution in [-0.2, 0) is 9.59 Å². The van der Waals surface area contributed by atoms with Gasteiger partial charge in [0.1, 0.15) is 35.0 Å². The number of aromatic amines is 1. The van der Waals surface area contributed by atoms with Gasteiger partial charge in [0.2, 0.25) is 11.8 Å². The van der Waals surface area contributed by atoms with Crippen LogP contribution in [0.4, 0.5) is 8.78 Å². The Labute approximate surface area is 218 Å². The molecule has 3 atom stereocenters. The van der Waals surface area contributed by atoms with Crippen molar-refractivity contribution >= 4 is 40.2 Å². The number of nitrogens with zero attached hydrogens (tertiary/aromatic N) is 1. The summed E-state index contributed by atoms with van der Waals surface area (Å²) in [4.78, 5) is 40.9. The van der Waals surface area contributed by atoms with E-state index in [-0.39, 0.29) is 39.7 Å². The lowest BCUT2D eigenvalue weighted by molar-refractivity contribution is -0.126. The topological polar surface area (TPSA) is 136 Å². The van der Waals surface area contributed by atoms with E-state index >= 15 is 0 Å². The molecule has 0 spiro atoms. The smallest absolute Gasteiger partial charge is 0.268 e. The molecule has 2 heterocycles. The van der Waals surface area contributed by atoms with Crippen LogP contribution in [0.2, 0.25) is 5.02 Å². The van der Waals surface area contributed by atoms with Crippen molar-refractivity contribution in [3.63, 3.8) is 0 Å². The maximum Gasteiger partial charge on any atom is 0.268 e. The number of nitriles is 1. The van der Waals surface area contributed by atoms with Gasteiger partial charge in [-0.2, -0.15) is 5.26 Å². The Morgan fingerprint density at radius 1 is 1.35 bits per heavy atom. The Balaban J connectivity index is 1.79. The van der Waals surface area contributed by atoms with Gasteiger partial charge in [-0.15, -0.1) is 0 Å². The van der Waals surface area contributed by atoms with Crippen molar-refractivity contribution in [1.29, 1.82) is 5.26 Å². The summed E-state index contributed by atoms with van der Waals surface area (Å²) in [5.41, 5.74) is -2.41. The average molecular weight is 538 g/mol. The number of methoxy groups -OCH3 is 1. The van der Waals surface area contributed by atoms with E-state index in [0.29, 0.717) is 6.42 Å². The lowest BCUT2D eigenvalue weighted by Gasteiger charge is -2.25. The van der Waals surface area contributed by atoms with Crippen LogP contribution < -0.4 is 20.7 Å². The molecule has 1 aliphatic rings. The van der Waals surface area contributed by atoms with Crippen LogP contribution in [0, 0.1) is 23.1 Å². The van der Waals surface area contributed by atoms with Gasteiger partial charge in [-0.05, 0) is 52.7 Å². The molecule has 0 saturated carbocycles. The molecular weight excluding hydrogens is 508 g/mol. The van der Waals surface area contributed by atoms with E-state index in [1.807, 2.05) is 19.9 Å². The molecule has 4 N–H and O–H groups in total. The Morgan fingerprint density at radius 2 is 2.03 bits per heavy atom. The number of halogens is 3. The molecule has 3 rings (SSSR count). The highest BCUT2D eigenvalue weighted by Crippen LogP contribution is 2.35. The molecule has 0 bridgehead atoms. The van der Waals surface area contributed by atoms with Gasteiger partial charge >= 0.3 is 0 Å². The molecule has 1 aromatic heterocycles. The van der Waals surface area contributed by atoms with Crippen molar-refractivity contribution in [3.8, 4) is 11.8 Å². The second kappa shape index (κ2) is 10.5. The first kappa shape index (κ1) is 28.2. The van der Waals surface area contributed by atoms with Crippen molar-refractivity contribution in [2.24, 2.45) is 5.92 Å². The maximum absolute atomic E-state index is 14.6. The van der Waals surface area contributed by atoms with Gasteiger partial charge in [0, 0.05) is 23.3 Å². The van der Waals surface area contributed by atoms with Crippen molar-refractivity contribution in [2.75, 3.05) is 7.11 Å². The highest BCUT2D eigenvalue weighted by Gasteiger charge is 2.39. The molecule has 37 heavy (non-hydrogen) atoms. The van der Waals surface area contributed by atoms with Gasteiger partial charge in [-0.25, -0.2) is 8.78 Å². The molecule has 0 radical (unpaired) electrons. The van der Waals surface area contributed by atoms with Crippen LogP contribution in [-0.4, -0.2) is 53.1 Å². The third-order valence-corrected chi connectivity index (χ3v) is 6.39. The third kappa shape index (κ3) is 6.68. The minimum atomic E-state index is -1.85. The fraction of sp³-hybridized carbons (Fsp3) is 0.520. The Kier molecular flexibility index (Phi) is 8.03. The van der Waals surface area contributed by atoms with Gasteiger partial charge in [0.15, 0.2) is 0 Å². The second-order valence-corrected chi connectivity index (χ2v) is 10.9. The van der Waals surface area contributed by atoms with Gasteiger partial charge < -0.3 is 25.7 Å². The van der Waals surface area contributed by atoms with Crippen molar-refractivity contribution in [1.82, 2.24) is 20.9 Å². The van der Waals surface area contributed by atoms with E-state index in [4.69, 9.17) is 16.3 Å². The Morgan fingerprint density at radius 3 is 2.57 bits per heavy atom. The SMILES string of the molecule is COc1c(Cl)cc(F)c2[nH]c(C(=O)NC(CC(C)(C)F)C(=O)NC(C#N)CC3CC(C)(C)NC3=O)cc12. The van der Waals surface area contributed by atoms with Crippen LogP contribution in [0.1, 0.15) is 57.4 Å². The van der Waals surface area contributed by atoms with Crippen molar-refractivity contribution in [2.45, 2.75) is 70.2 Å². The van der Waals surface area contributed by atoms with Crippen LogP contribution >= 0.6 is 11.6 Å². The molecule has 1 fully saturated rings. The number of hydrogen-bond donors (Lipinski definition) is 4. The number of amides is 3. The molecule has 200 valence electrons. The largest absolute Gasteiger partial charge is 0.494 e. The first-order chi connectivity index (χ1) is 17.1. The van der Waals surface area contributed by atoms with Crippen LogP contribution in [0.5, 0.6) is 5.75 Å². The summed E-state index contributed by atoms with van der Waals surface area (Å²) in [5.74, 6) is -2.84.